The second kappa shape index (κ2) is 7.83. The zero-order chi connectivity index (χ0) is 18.5. The zero-order valence-electron chi connectivity index (χ0n) is 16.3. The zero-order valence-corrected chi connectivity index (χ0v) is 16.3. The van der Waals surface area contributed by atoms with Crippen molar-refractivity contribution in [3.63, 3.8) is 0 Å². The van der Waals surface area contributed by atoms with E-state index in [2.05, 4.69) is 53.3 Å². The van der Waals surface area contributed by atoms with Crippen molar-refractivity contribution in [2.75, 3.05) is 0 Å². The quantitative estimate of drug-likeness (QED) is 0.312. The molecule has 1 rings (SSSR count). The van der Waals surface area contributed by atoms with Crippen LogP contribution in [0.4, 0.5) is 0 Å². The van der Waals surface area contributed by atoms with Gasteiger partial charge in [-0.25, -0.2) is 0 Å². The van der Waals surface area contributed by atoms with Gasteiger partial charge in [0.2, 0.25) is 0 Å². The lowest BCUT2D eigenvalue weighted by Crippen LogP contribution is -2.20. The Hall–Kier alpha value is -1.83. The summed E-state index contributed by atoms with van der Waals surface area (Å²) in [5.74, 6) is 0.497. The number of carbonyl (C=O) groups excluding carboxylic acids is 1. The molecular weight excluding hydrogens is 296 g/mol. The molecule has 0 heterocycles. The number of hydrogen-bond donors (Lipinski definition) is 0. The Labute approximate surface area is 147 Å². The van der Waals surface area contributed by atoms with Gasteiger partial charge in [-0.15, -0.1) is 0 Å². The first-order chi connectivity index (χ1) is 11.1. The van der Waals surface area contributed by atoms with E-state index in [1.54, 1.807) is 0 Å². The molecule has 1 saturated carbocycles. The molecule has 0 aromatic rings. The highest BCUT2D eigenvalue weighted by atomic mass is 16.5. The highest BCUT2D eigenvalue weighted by molar-refractivity contribution is 5.82. The lowest BCUT2D eigenvalue weighted by Gasteiger charge is -2.13. The molecule has 1 fully saturated rings. The van der Waals surface area contributed by atoms with Crippen molar-refractivity contribution in [2.24, 2.45) is 10.8 Å². The molecule has 0 aromatic heterocycles. The molecule has 24 heavy (non-hydrogen) atoms. The molecule has 0 spiro atoms. The topological polar surface area (TPSA) is 26.3 Å². The number of rotatable bonds is 7. The smallest absolute Gasteiger partial charge is 0.317 e. The molecule has 2 heteroatoms. The summed E-state index contributed by atoms with van der Waals surface area (Å²) in [5, 5.41) is 0. The summed E-state index contributed by atoms with van der Waals surface area (Å²) in [5.41, 5.74) is 3.18. The van der Waals surface area contributed by atoms with Gasteiger partial charge in [-0.1, -0.05) is 57.2 Å². The maximum Gasteiger partial charge on any atom is 0.317 e. The summed E-state index contributed by atoms with van der Waals surface area (Å²) < 4.78 is 5.54. The van der Waals surface area contributed by atoms with Gasteiger partial charge >= 0.3 is 5.97 Å². The molecule has 2 nitrogen and oxygen atoms in total. The molecule has 1 unspecified atom stereocenters. The summed E-state index contributed by atoms with van der Waals surface area (Å²) in [6.45, 7) is 18.1. The molecule has 132 valence electrons. The number of hydrogen-bond acceptors (Lipinski definition) is 2. The van der Waals surface area contributed by atoms with Gasteiger partial charge in [0.15, 0.2) is 0 Å². The predicted molar refractivity (Wildman–Crippen MR) is 102 cm³/mol. The van der Waals surface area contributed by atoms with Crippen LogP contribution in [0, 0.1) is 10.8 Å². The van der Waals surface area contributed by atoms with E-state index in [1.807, 2.05) is 32.1 Å². The molecule has 0 radical (unpaired) electrons. The summed E-state index contributed by atoms with van der Waals surface area (Å²) in [6, 6.07) is 0. The third-order valence-electron chi connectivity index (χ3n) is 4.96. The molecule has 0 aliphatic heterocycles. The van der Waals surface area contributed by atoms with Crippen molar-refractivity contribution in [3.8, 4) is 0 Å². The van der Waals surface area contributed by atoms with Crippen LogP contribution in [0.1, 0.15) is 61.3 Å². The first-order valence-electron chi connectivity index (χ1n) is 8.65. The first kappa shape index (κ1) is 20.2. The van der Waals surface area contributed by atoms with Gasteiger partial charge in [-0.2, -0.15) is 0 Å². The number of allylic oxidation sites excluding steroid dienone is 9. The average Bonchev–Trinajstić information content (AvgIpc) is 3.02. The van der Waals surface area contributed by atoms with Gasteiger partial charge in [-0.3, -0.25) is 4.79 Å². The molecule has 0 amide bonds. The van der Waals surface area contributed by atoms with E-state index < -0.39 is 0 Å². The Bertz CT molecular complexity index is 622. The van der Waals surface area contributed by atoms with Crippen LogP contribution in [0.5, 0.6) is 0 Å². The van der Waals surface area contributed by atoms with Gasteiger partial charge in [0.25, 0.3) is 0 Å². The average molecular weight is 328 g/mol. The predicted octanol–water partition coefficient (Wildman–Crippen LogP) is 6.28. The van der Waals surface area contributed by atoms with Crippen molar-refractivity contribution in [3.05, 3.63) is 59.4 Å². The Kier molecular flexibility index (Phi) is 6.59. The normalized spacial score (nSPS) is 23.5. The third-order valence-corrected chi connectivity index (χ3v) is 4.96. The minimum Gasteiger partial charge on any atom is -0.431 e. The Morgan fingerprint density at radius 2 is 1.67 bits per heavy atom. The van der Waals surface area contributed by atoms with Crippen LogP contribution in [0.25, 0.3) is 0 Å². The van der Waals surface area contributed by atoms with Gasteiger partial charge in [0, 0.05) is 0 Å². The second-order valence-electron chi connectivity index (χ2n) is 7.68. The molecule has 0 N–H and O–H groups in total. The lowest BCUT2D eigenvalue weighted by atomic mass is 9.98. The molecule has 1 atom stereocenters. The van der Waals surface area contributed by atoms with E-state index in [0.29, 0.717) is 5.76 Å². The number of carbonyl (C=O) groups is 1. The molecule has 0 saturated heterocycles. The molecule has 0 aromatic carbocycles. The Morgan fingerprint density at radius 3 is 2.08 bits per heavy atom. The highest BCUT2D eigenvalue weighted by Gasteiger charge is 2.63. The van der Waals surface area contributed by atoms with Crippen molar-refractivity contribution < 1.29 is 9.53 Å². The van der Waals surface area contributed by atoms with Crippen LogP contribution in [0.3, 0.4) is 0 Å². The van der Waals surface area contributed by atoms with E-state index in [9.17, 15) is 4.79 Å². The summed E-state index contributed by atoms with van der Waals surface area (Å²) in [4.78, 5) is 12.3. The largest absolute Gasteiger partial charge is 0.431 e. The standard InChI is InChI=1S/C22H32O2/c1-9-18(13-11-16(3)4)19(10-2)14-12-17(5)24-20(23)22(8)15-21(22,6)7/h9,11-14H,1,10,15H2,2-8H3/b17-12+,18-13+,19-14+. The Morgan fingerprint density at radius 1 is 1.08 bits per heavy atom. The molecule has 1 aliphatic rings. The van der Waals surface area contributed by atoms with Crippen LogP contribution in [0.15, 0.2) is 59.4 Å². The lowest BCUT2D eigenvalue weighted by molar-refractivity contribution is -0.146. The van der Waals surface area contributed by atoms with E-state index >= 15 is 0 Å². The summed E-state index contributed by atoms with van der Waals surface area (Å²) in [6.07, 6.45) is 11.7. The van der Waals surface area contributed by atoms with Crippen LogP contribution in [-0.2, 0) is 9.53 Å². The second-order valence-corrected chi connectivity index (χ2v) is 7.68. The van der Waals surface area contributed by atoms with E-state index in [4.69, 9.17) is 4.74 Å². The minimum absolute atomic E-state index is 0.0396. The van der Waals surface area contributed by atoms with E-state index in [0.717, 1.165) is 24.0 Å². The van der Waals surface area contributed by atoms with Crippen LogP contribution < -0.4 is 0 Å². The summed E-state index contributed by atoms with van der Waals surface area (Å²) >= 11 is 0. The third kappa shape index (κ3) is 4.83. The van der Waals surface area contributed by atoms with Crippen molar-refractivity contribution in [2.45, 2.75) is 61.3 Å². The number of ether oxygens (including phenoxy) is 1. The van der Waals surface area contributed by atoms with E-state index in [-0.39, 0.29) is 16.8 Å². The van der Waals surface area contributed by atoms with Gasteiger partial charge < -0.3 is 4.74 Å². The van der Waals surface area contributed by atoms with Crippen LogP contribution in [0.2, 0.25) is 0 Å². The van der Waals surface area contributed by atoms with Gasteiger partial charge in [-0.05, 0) is 63.2 Å². The maximum absolute atomic E-state index is 12.3. The van der Waals surface area contributed by atoms with Crippen LogP contribution in [-0.4, -0.2) is 5.97 Å². The fourth-order valence-corrected chi connectivity index (χ4v) is 2.68. The van der Waals surface area contributed by atoms with Gasteiger partial charge in [0.1, 0.15) is 5.76 Å². The fourth-order valence-electron chi connectivity index (χ4n) is 2.68. The number of esters is 1. The highest BCUT2D eigenvalue weighted by Crippen LogP contribution is 2.63. The van der Waals surface area contributed by atoms with Crippen molar-refractivity contribution in [1.29, 1.82) is 0 Å². The van der Waals surface area contributed by atoms with E-state index in [1.165, 1.54) is 5.57 Å². The SMILES string of the molecule is C=CC(=C\C=C(C)C)/C(=C/C=C(\C)OC(=O)C1(C)CC1(C)C)CC. The van der Waals surface area contributed by atoms with Crippen molar-refractivity contribution >= 4 is 5.97 Å². The van der Waals surface area contributed by atoms with Crippen molar-refractivity contribution in [1.82, 2.24) is 0 Å². The fraction of sp³-hybridized carbons (Fsp3) is 0.500. The molecule has 1 aliphatic carbocycles. The molecule has 0 bridgehead atoms. The minimum atomic E-state index is -0.352. The maximum atomic E-state index is 12.3. The Balaban J connectivity index is 2.87. The first-order valence-corrected chi connectivity index (χ1v) is 8.65. The van der Waals surface area contributed by atoms with Gasteiger partial charge in [0.05, 0.1) is 5.41 Å². The van der Waals surface area contributed by atoms with Crippen LogP contribution >= 0.6 is 0 Å². The monoisotopic (exact) mass is 328 g/mol. The molecular formula is C22H32O2. The summed E-state index contributed by atoms with van der Waals surface area (Å²) in [7, 11) is 0.